The van der Waals surface area contributed by atoms with E-state index in [1.807, 2.05) is 12.1 Å². The number of aromatic nitrogens is 1. The van der Waals surface area contributed by atoms with Gasteiger partial charge in [-0.2, -0.15) is 0 Å². The van der Waals surface area contributed by atoms with Crippen molar-refractivity contribution < 1.29 is 9.90 Å². The summed E-state index contributed by atoms with van der Waals surface area (Å²) < 4.78 is 0. The van der Waals surface area contributed by atoms with Crippen molar-refractivity contribution in [3.63, 3.8) is 0 Å². The van der Waals surface area contributed by atoms with E-state index in [9.17, 15) is 4.79 Å². The van der Waals surface area contributed by atoms with Crippen LogP contribution in [-0.4, -0.2) is 34.6 Å². The van der Waals surface area contributed by atoms with Gasteiger partial charge in [0.1, 0.15) is 6.61 Å². The number of pyridine rings is 1. The van der Waals surface area contributed by atoms with Crippen LogP contribution in [0.1, 0.15) is 5.56 Å². The number of nitrogens with zero attached hydrogens (tertiary/aromatic N) is 2. The normalized spacial score (nSPS) is 9.69. The third kappa shape index (κ3) is 2.83. The van der Waals surface area contributed by atoms with Gasteiger partial charge in [-0.05, 0) is 11.6 Å². The van der Waals surface area contributed by atoms with Gasteiger partial charge in [-0.25, -0.2) is 0 Å². The average Bonchev–Trinajstić information content (AvgIpc) is 2.18. The van der Waals surface area contributed by atoms with Crippen LogP contribution in [0.5, 0.6) is 0 Å². The van der Waals surface area contributed by atoms with Crippen LogP contribution in [0, 0.1) is 0 Å². The average molecular weight is 180 g/mol. The van der Waals surface area contributed by atoms with Crippen LogP contribution in [0.25, 0.3) is 0 Å². The van der Waals surface area contributed by atoms with E-state index in [0.717, 1.165) is 5.56 Å². The Hall–Kier alpha value is -1.42. The molecule has 0 atom stereocenters. The van der Waals surface area contributed by atoms with Crippen LogP contribution in [0.3, 0.4) is 0 Å². The van der Waals surface area contributed by atoms with Crippen LogP contribution in [0.2, 0.25) is 0 Å². The predicted molar refractivity (Wildman–Crippen MR) is 47.8 cm³/mol. The quantitative estimate of drug-likeness (QED) is 0.714. The van der Waals surface area contributed by atoms with E-state index in [2.05, 4.69) is 4.98 Å². The highest BCUT2D eigenvalue weighted by molar-refractivity contribution is 5.76. The summed E-state index contributed by atoms with van der Waals surface area (Å²) in [4.78, 5) is 16.3. The smallest absolute Gasteiger partial charge is 0.248 e. The zero-order chi connectivity index (χ0) is 9.68. The number of likely N-dealkylation sites (N-methyl/N-ethyl adjacent to an activating group) is 1. The van der Waals surface area contributed by atoms with Crippen molar-refractivity contribution in [2.45, 2.75) is 6.54 Å². The molecule has 0 radical (unpaired) electrons. The van der Waals surface area contributed by atoms with E-state index in [4.69, 9.17) is 5.11 Å². The second-order valence-electron chi connectivity index (χ2n) is 2.77. The molecule has 70 valence electrons. The van der Waals surface area contributed by atoms with E-state index < -0.39 is 6.61 Å². The summed E-state index contributed by atoms with van der Waals surface area (Å²) >= 11 is 0. The molecule has 0 spiro atoms. The first-order valence-electron chi connectivity index (χ1n) is 3.97. The fraction of sp³-hybridized carbons (Fsp3) is 0.333. The van der Waals surface area contributed by atoms with E-state index in [0.29, 0.717) is 6.54 Å². The SMILES string of the molecule is CN(Cc1cccnc1)C(=O)CO. The number of carbonyl (C=O) groups is 1. The molecule has 1 aromatic heterocycles. The summed E-state index contributed by atoms with van der Waals surface area (Å²) in [6.07, 6.45) is 3.37. The van der Waals surface area contributed by atoms with Crippen molar-refractivity contribution in [2.24, 2.45) is 0 Å². The maximum atomic E-state index is 11.0. The molecule has 0 bridgehead atoms. The summed E-state index contributed by atoms with van der Waals surface area (Å²) in [7, 11) is 1.64. The molecule has 0 saturated carbocycles. The van der Waals surface area contributed by atoms with Crippen molar-refractivity contribution in [2.75, 3.05) is 13.7 Å². The van der Waals surface area contributed by atoms with Crippen LogP contribution in [0.4, 0.5) is 0 Å². The Kier molecular flexibility index (Phi) is 3.40. The van der Waals surface area contributed by atoms with Crippen molar-refractivity contribution in [3.05, 3.63) is 30.1 Å². The van der Waals surface area contributed by atoms with E-state index >= 15 is 0 Å². The standard InChI is InChI=1S/C9H12N2O2/c1-11(9(13)7-12)6-8-3-2-4-10-5-8/h2-5,12H,6-7H2,1H3. The number of aliphatic hydroxyl groups is 1. The molecule has 0 fully saturated rings. The number of hydrogen-bond donors (Lipinski definition) is 1. The lowest BCUT2D eigenvalue weighted by Gasteiger charge is -2.15. The second-order valence-corrected chi connectivity index (χ2v) is 2.77. The van der Waals surface area contributed by atoms with Gasteiger partial charge in [0.25, 0.3) is 0 Å². The van der Waals surface area contributed by atoms with E-state index in [-0.39, 0.29) is 5.91 Å². The van der Waals surface area contributed by atoms with E-state index in [1.165, 1.54) is 4.90 Å². The zero-order valence-electron chi connectivity index (χ0n) is 7.47. The molecule has 4 nitrogen and oxygen atoms in total. The fourth-order valence-electron chi connectivity index (χ4n) is 0.974. The summed E-state index contributed by atoms with van der Waals surface area (Å²) in [6.45, 7) is 0.0317. The largest absolute Gasteiger partial charge is 0.387 e. The lowest BCUT2D eigenvalue weighted by atomic mass is 10.3. The molecule has 1 N–H and O–H groups in total. The minimum atomic E-state index is -0.448. The molecule has 4 heteroatoms. The Morgan fingerprint density at radius 2 is 2.46 bits per heavy atom. The summed E-state index contributed by atoms with van der Waals surface area (Å²) in [5.74, 6) is -0.288. The molecule has 0 aliphatic heterocycles. The third-order valence-corrected chi connectivity index (χ3v) is 1.70. The first kappa shape index (κ1) is 9.67. The Morgan fingerprint density at radius 1 is 1.69 bits per heavy atom. The van der Waals surface area contributed by atoms with E-state index in [1.54, 1.807) is 19.4 Å². The number of rotatable bonds is 3. The Bertz CT molecular complexity index is 274. The third-order valence-electron chi connectivity index (χ3n) is 1.70. The van der Waals surface area contributed by atoms with Gasteiger partial charge in [-0.3, -0.25) is 9.78 Å². The Balaban J connectivity index is 2.55. The van der Waals surface area contributed by atoms with Gasteiger partial charge in [0, 0.05) is 26.0 Å². The maximum absolute atomic E-state index is 11.0. The molecule has 0 aromatic carbocycles. The molecular weight excluding hydrogens is 168 g/mol. The van der Waals surface area contributed by atoms with Gasteiger partial charge in [-0.15, -0.1) is 0 Å². The molecule has 0 aliphatic rings. The minimum Gasteiger partial charge on any atom is -0.387 e. The van der Waals surface area contributed by atoms with Gasteiger partial charge < -0.3 is 10.0 Å². The van der Waals surface area contributed by atoms with Gasteiger partial charge >= 0.3 is 0 Å². The number of carbonyl (C=O) groups excluding carboxylic acids is 1. The summed E-state index contributed by atoms with van der Waals surface area (Å²) in [5, 5.41) is 8.58. The Morgan fingerprint density at radius 3 is 3.00 bits per heavy atom. The first-order chi connectivity index (χ1) is 6.24. The molecule has 0 saturated heterocycles. The minimum absolute atomic E-state index is 0.288. The topological polar surface area (TPSA) is 53.4 Å². The van der Waals surface area contributed by atoms with Gasteiger partial charge in [0.05, 0.1) is 0 Å². The molecule has 1 amide bonds. The summed E-state index contributed by atoms with van der Waals surface area (Å²) in [6, 6.07) is 3.70. The molecular formula is C9H12N2O2. The number of hydrogen-bond acceptors (Lipinski definition) is 3. The molecule has 1 heterocycles. The van der Waals surface area contributed by atoms with Crippen molar-refractivity contribution in [1.82, 2.24) is 9.88 Å². The molecule has 1 aromatic rings. The summed E-state index contributed by atoms with van der Waals surface area (Å²) in [5.41, 5.74) is 0.951. The van der Waals surface area contributed by atoms with Crippen LogP contribution in [0.15, 0.2) is 24.5 Å². The highest BCUT2D eigenvalue weighted by Crippen LogP contribution is 2.00. The first-order valence-corrected chi connectivity index (χ1v) is 3.97. The van der Waals surface area contributed by atoms with Gasteiger partial charge in [0.15, 0.2) is 0 Å². The second kappa shape index (κ2) is 4.57. The maximum Gasteiger partial charge on any atom is 0.248 e. The van der Waals surface area contributed by atoms with Crippen molar-refractivity contribution in [3.8, 4) is 0 Å². The van der Waals surface area contributed by atoms with Crippen LogP contribution < -0.4 is 0 Å². The molecule has 0 aliphatic carbocycles. The number of amides is 1. The van der Waals surface area contributed by atoms with Crippen molar-refractivity contribution in [1.29, 1.82) is 0 Å². The lowest BCUT2D eigenvalue weighted by molar-refractivity contribution is -0.133. The molecule has 13 heavy (non-hydrogen) atoms. The highest BCUT2D eigenvalue weighted by atomic mass is 16.3. The predicted octanol–water partition coefficient (Wildman–Crippen LogP) is 0.0323. The van der Waals surface area contributed by atoms with Gasteiger partial charge in [0.2, 0.25) is 5.91 Å². The zero-order valence-corrected chi connectivity index (χ0v) is 7.47. The number of aliphatic hydroxyl groups excluding tert-OH is 1. The highest BCUT2D eigenvalue weighted by Gasteiger charge is 2.06. The monoisotopic (exact) mass is 180 g/mol. The molecule has 1 rings (SSSR count). The van der Waals surface area contributed by atoms with Gasteiger partial charge in [-0.1, -0.05) is 6.07 Å². The fourth-order valence-corrected chi connectivity index (χ4v) is 0.974. The Labute approximate surface area is 76.8 Å². The molecule has 0 unspecified atom stereocenters. The van der Waals surface area contributed by atoms with Crippen LogP contribution >= 0.6 is 0 Å². The van der Waals surface area contributed by atoms with Crippen LogP contribution in [-0.2, 0) is 11.3 Å². The van der Waals surface area contributed by atoms with Crippen molar-refractivity contribution >= 4 is 5.91 Å². The lowest BCUT2D eigenvalue weighted by Crippen LogP contribution is -2.28.